The Labute approximate surface area is 225 Å². The Morgan fingerprint density at radius 2 is 1.65 bits per heavy atom. The van der Waals surface area contributed by atoms with Gasteiger partial charge in [0, 0.05) is 10.6 Å². The van der Waals surface area contributed by atoms with Crippen LogP contribution in [0.2, 0.25) is 5.02 Å². The smallest absolute Gasteiger partial charge is 0.301 e. The lowest BCUT2D eigenvalue weighted by atomic mass is 9.85. The van der Waals surface area contributed by atoms with E-state index in [2.05, 4.69) is 20.8 Å². The molecule has 0 bridgehead atoms. The summed E-state index contributed by atoms with van der Waals surface area (Å²) in [6.45, 7) is 10.4. The number of Topliss-reactive ketones (excluding diaryl/α,β-unsaturated/α-hetero) is 1. The van der Waals surface area contributed by atoms with Crippen LogP contribution in [0.5, 0.6) is 0 Å². The predicted molar refractivity (Wildman–Crippen MR) is 150 cm³/mol. The van der Waals surface area contributed by atoms with Crippen molar-refractivity contribution in [2.75, 3.05) is 4.90 Å². The quantitative estimate of drug-likeness (QED) is 0.169. The fourth-order valence-electron chi connectivity index (χ4n) is 4.74. The van der Waals surface area contributed by atoms with Crippen molar-refractivity contribution in [3.05, 3.63) is 99.1 Å². The number of thiazole rings is 1. The monoisotopic (exact) mass is 530 g/mol. The fraction of sp³-hybridized carbons (Fsp3) is 0.233. The van der Waals surface area contributed by atoms with Gasteiger partial charge in [0.05, 0.1) is 21.8 Å². The molecule has 1 aromatic heterocycles. The summed E-state index contributed by atoms with van der Waals surface area (Å²) in [7, 11) is 0. The maximum absolute atomic E-state index is 13.5. The highest BCUT2D eigenvalue weighted by Crippen LogP contribution is 2.45. The molecule has 5 rings (SSSR count). The molecule has 3 aromatic carbocycles. The highest BCUT2D eigenvalue weighted by Gasteiger charge is 2.48. The Hall–Kier alpha value is -3.48. The van der Waals surface area contributed by atoms with E-state index in [0.29, 0.717) is 15.7 Å². The lowest BCUT2D eigenvalue weighted by Crippen LogP contribution is -2.29. The molecule has 2 heterocycles. The zero-order chi connectivity index (χ0) is 26.6. The average Bonchev–Trinajstić information content (AvgIpc) is 3.37. The molecule has 0 saturated carbocycles. The van der Waals surface area contributed by atoms with Crippen LogP contribution < -0.4 is 4.90 Å². The van der Waals surface area contributed by atoms with Gasteiger partial charge in [-0.05, 0) is 71.8 Å². The van der Waals surface area contributed by atoms with E-state index < -0.39 is 17.7 Å². The Kier molecular flexibility index (Phi) is 6.21. The molecule has 1 fully saturated rings. The second kappa shape index (κ2) is 9.12. The minimum Gasteiger partial charge on any atom is -0.507 e. The number of ketones is 1. The Balaban J connectivity index is 1.73. The number of anilines is 1. The summed E-state index contributed by atoms with van der Waals surface area (Å²) in [6.07, 6.45) is 0. The number of amides is 1. The number of halogens is 1. The van der Waals surface area contributed by atoms with Gasteiger partial charge < -0.3 is 5.11 Å². The van der Waals surface area contributed by atoms with Crippen LogP contribution in [-0.4, -0.2) is 21.8 Å². The van der Waals surface area contributed by atoms with Gasteiger partial charge in [0.1, 0.15) is 5.76 Å². The van der Waals surface area contributed by atoms with E-state index in [1.807, 2.05) is 50.2 Å². The van der Waals surface area contributed by atoms with Crippen molar-refractivity contribution in [1.82, 2.24) is 4.98 Å². The van der Waals surface area contributed by atoms with Crippen LogP contribution in [0.25, 0.3) is 16.0 Å². The Morgan fingerprint density at radius 1 is 1.00 bits per heavy atom. The molecule has 1 N–H and O–H groups in total. The first-order valence-corrected chi connectivity index (χ1v) is 13.2. The minimum atomic E-state index is -0.827. The number of carbonyl (C=O) groups excluding carboxylic acids is 2. The molecule has 0 radical (unpaired) electrons. The summed E-state index contributed by atoms with van der Waals surface area (Å²) in [4.78, 5) is 33.2. The molecule has 0 unspecified atom stereocenters. The molecule has 7 heteroatoms. The molecule has 1 saturated heterocycles. The van der Waals surface area contributed by atoms with Crippen LogP contribution in [-0.2, 0) is 15.0 Å². The van der Waals surface area contributed by atoms with E-state index in [-0.39, 0.29) is 16.7 Å². The van der Waals surface area contributed by atoms with E-state index in [1.54, 1.807) is 24.3 Å². The maximum Gasteiger partial charge on any atom is 0.301 e. The minimum absolute atomic E-state index is 0.0305. The molecule has 1 amide bonds. The molecule has 188 valence electrons. The number of hydrogen-bond donors (Lipinski definition) is 1. The van der Waals surface area contributed by atoms with Gasteiger partial charge >= 0.3 is 5.91 Å². The first kappa shape index (κ1) is 25.2. The highest BCUT2D eigenvalue weighted by molar-refractivity contribution is 7.22. The van der Waals surface area contributed by atoms with Gasteiger partial charge in [0.25, 0.3) is 5.78 Å². The zero-order valence-electron chi connectivity index (χ0n) is 21.3. The number of benzene rings is 3. The third kappa shape index (κ3) is 4.45. The van der Waals surface area contributed by atoms with Gasteiger partial charge in [-0.15, -0.1) is 0 Å². The summed E-state index contributed by atoms with van der Waals surface area (Å²) in [5, 5.41) is 12.2. The zero-order valence-corrected chi connectivity index (χ0v) is 22.9. The Bertz CT molecular complexity index is 1580. The largest absolute Gasteiger partial charge is 0.507 e. The van der Waals surface area contributed by atoms with Crippen molar-refractivity contribution < 1.29 is 14.7 Å². The standard InChI is InChI=1S/C30H27ClN2O3S/c1-16-14-17(2)24-22(15-16)37-29(32-24)33-25(18-6-10-20(11-7-18)30(3,4)5)23(27(35)28(33)36)26(34)19-8-12-21(31)13-9-19/h6-15,25,34H,1-5H3/t25-/m1/s1. The maximum atomic E-state index is 13.5. The summed E-state index contributed by atoms with van der Waals surface area (Å²) in [5.74, 6) is -1.70. The van der Waals surface area contributed by atoms with Crippen molar-refractivity contribution in [2.45, 2.75) is 46.1 Å². The van der Waals surface area contributed by atoms with Gasteiger partial charge in [-0.1, -0.05) is 74.0 Å². The fourth-order valence-corrected chi connectivity index (χ4v) is 6.03. The molecule has 0 spiro atoms. The van der Waals surface area contributed by atoms with Gasteiger partial charge in [-0.25, -0.2) is 4.98 Å². The van der Waals surface area contributed by atoms with E-state index in [9.17, 15) is 14.7 Å². The third-order valence-electron chi connectivity index (χ3n) is 6.68. The average molecular weight is 531 g/mol. The molecule has 37 heavy (non-hydrogen) atoms. The second-order valence-corrected chi connectivity index (χ2v) is 11.9. The van der Waals surface area contributed by atoms with Crippen LogP contribution >= 0.6 is 22.9 Å². The summed E-state index contributed by atoms with van der Waals surface area (Å²) in [5.41, 5.74) is 5.11. The van der Waals surface area contributed by atoms with Crippen LogP contribution in [0, 0.1) is 13.8 Å². The van der Waals surface area contributed by atoms with Crippen molar-refractivity contribution in [1.29, 1.82) is 0 Å². The molecule has 1 aliphatic heterocycles. The van der Waals surface area contributed by atoms with Crippen LogP contribution in [0.15, 0.2) is 66.2 Å². The van der Waals surface area contributed by atoms with E-state index in [0.717, 1.165) is 32.5 Å². The molecule has 5 nitrogen and oxygen atoms in total. The number of aryl methyl sites for hydroxylation is 2. The van der Waals surface area contributed by atoms with Crippen molar-refractivity contribution in [3.63, 3.8) is 0 Å². The topological polar surface area (TPSA) is 70.5 Å². The number of nitrogens with zero attached hydrogens (tertiary/aromatic N) is 2. The molecular formula is C30H27ClN2O3S. The number of hydrogen-bond acceptors (Lipinski definition) is 5. The van der Waals surface area contributed by atoms with Gasteiger partial charge in [0.2, 0.25) is 0 Å². The van der Waals surface area contributed by atoms with Gasteiger partial charge in [-0.3, -0.25) is 14.5 Å². The van der Waals surface area contributed by atoms with E-state index in [1.165, 1.54) is 16.2 Å². The number of aromatic nitrogens is 1. The predicted octanol–water partition coefficient (Wildman–Crippen LogP) is 7.49. The van der Waals surface area contributed by atoms with Gasteiger partial charge in [0.15, 0.2) is 5.13 Å². The van der Waals surface area contributed by atoms with Crippen molar-refractivity contribution in [2.24, 2.45) is 0 Å². The van der Waals surface area contributed by atoms with Crippen molar-refractivity contribution in [3.8, 4) is 0 Å². The Morgan fingerprint density at radius 3 is 2.27 bits per heavy atom. The van der Waals surface area contributed by atoms with Crippen molar-refractivity contribution >= 4 is 55.7 Å². The normalized spacial score (nSPS) is 17.7. The van der Waals surface area contributed by atoms with Crippen LogP contribution in [0.1, 0.15) is 54.6 Å². The first-order valence-electron chi connectivity index (χ1n) is 12.0. The lowest BCUT2D eigenvalue weighted by molar-refractivity contribution is -0.132. The number of rotatable bonds is 3. The SMILES string of the molecule is Cc1cc(C)c2nc(N3C(=O)C(=O)C(=C(O)c4ccc(Cl)cc4)[C@H]3c3ccc(C(C)(C)C)cc3)sc2c1. The first-order chi connectivity index (χ1) is 17.5. The molecule has 1 atom stereocenters. The van der Waals surface area contributed by atoms with Crippen LogP contribution in [0.3, 0.4) is 0 Å². The van der Waals surface area contributed by atoms with Gasteiger partial charge in [-0.2, -0.15) is 0 Å². The van der Waals surface area contributed by atoms with E-state index >= 15 is 0 Å². The molecule has 1 aliphatic rings. The number of carbonyl (C=O) groups is 2. The molecular weight excluding hydrogens is 504 g/mol. The van der Waals surface area contributed by atoms with E-state index in [4.69, 9.17) is 16.6 Å². The summed E-state index contributed by atoms with van der Waals surface area (Å²) < 4.78 is 0.939. The summed E-state index contributed by atoms with van der Waals surface area (Å²) in [6, 6.07) is 17.6. The second-order valence-electron chi connectivity index (χ2n) is 10.5. The number of aliphatic hydroxyl groups is 1. The number of aliphatic hydroxyl groups excluding tert-OH is 1. The lowest BCUT2D eigenvalue weighted by Gasteiger charge is -2.24. The molecule has 4 aromatic rings. The molecule has 0 aliphatic carbocycles. The van der Waals surface area contributed by atoms with Crippen LogP contribution in [0.4, 0.5) is 5.13 Å². The number of fused-ring (bicyclic) bond motifs is 1. The summed E-state index contributed by atoms with van der Waals surface area (Å²) >= 11 is 7.40. The third-order valence-corrected chi connectivity index (χ3v) is 7.93. The highest BCUT2D eigenvalue weighted by atomic mass is 35.5.